The molecule has 6 atom stereocenters. The summed E-state index contributed by atoms with van der Waals surface area (Å²) in [5.74, 6) is 0. The summed E-state index contributed by atoms with van der Waals surface area (Å²) < 4.78 is 40.4. The SMILES string of the molecule is Cc1cc(N(CCOCC(C)OCC(C)OCC(C)O)CCOCC(C)OCC2OCC(C)O2)ccc1N=Nc1sc(C#N)c(C)c1C#N. The van der Waals surface area contributed by atoms with Crippen molar-refractivity contribution in [2.24, 2.45) is 10.2 Å². The molecule has 0 spiro atoms. The Bertz CT molecular complexity index is 1410. The van der Waals surface area contributed by atoms with Crippen LogP contribution in [0.15, 0.2) is 28.4 Å². The third-order valence-electron chi connectivity index (χ3n) is 7.51. The first kappa shape index (κ1) is 40.4. The van der Waals surface area contributed by atoms with Gasteiger partial charge in [0, 0.05) is 18.8 Å². The van der Waals surface area contributed by atoms with E-state index in [2.05, 4.69) is 27.3 Å². The molecule has 0 bridgehead atoms. The van der Waals surface area contributed by atoms with Gasteiger partial charge in [0.25, 0.3) is 0 Å². The molecule has 1 aromatic carbocycles. The number of rotatable bonds is 22. The number of ether oxygens (including phenoxy) is 7. The van der Waals surface area contributed by atoms with Crippen LogP contribution in [0.2, 0.25) is 0 Å². The summed E-state index contributed by atoms with van der Waals surface area (Å²) in [4.78, 5) is 2.65. The Labute approximate surface area is 294 Å². The summed E-state index contributed by atoms with van der Waals surface area (Å²) in [6, 6.07) is 10.1. The smallest absolute Gasteiger partial charge is 0.181 e. The number of hydrogen-bond donors (Lipinski definition) is 1. The van der Waals surface area contributed by atoms with E-state index < -0.39 is 6.10 Å². The highest BCUT2D eigenvalue weighted by atomic mass is 32.1. The molecule has 0 amide bonds. The van der Waals surface area contributed by atoms with Crippen molar-refractivity contribution in [2.45, 2.75) is 85.3 Å². The van der Waals surface area contributed by atoms with E-state index in [1.165, 1.54) is 0 Å². The minimum Gasteiger partial charge on any atom is -0.391 e. The third-order valence-corrected chi connectivity index (χ3v) is 8.59. The van der Waals surface area contributed by atoms with Crippen molar-refractivity contribution in [2.75, 3.05) is 70.8 Å². The number of thiophene rings is 1. The van der Waals surface area contributed by atoms with Gasteiger partial charge in [0.15, 0.2) is 11.3 Å². The highest BCUT2D eigenvalue weighted by Crippen LogP contribution is 2.36. The van der Waals surface area contributed by atoms with E-state index in [9.17, 15) is 15.6 Å². The lowest BCUT2D eigenvalue weighted by Gasteiger charge is -2.26. The van der Waals surface area contributed by atoms with Crippen LogP contribution < -0.4 is 4.90 Å². The molecule has 1 aliphatic rings. The number of nitrogens with zero attached hydrogens (tertiary/aromatic N) is 5. The zero-order valence-corrected chi connectivity index (χ0v) is 30.5. The van der Waals surface area contributed by atoms with Crippen LogP contribution in [-0.2, 0) is 33.2 Å². The summed E-state index contributed by atoms with van der Waals surface area (Å²) in [7, 11) is 0. The number of azo groups is 1. The van der Waals surface area contributed by atoms with Gasteiger partial charge in [-0.15, -0.1) is 21.6 Å². The van der Waals surface area contributed by atoms with Crippen LogP contribution >= 0.6 is 11.3 Å². The molecular formula is C35H51N5O8S. The van der Waals surface area contributed by atoms with E-state index in [1.807, 2.05) is 52.8 Å². The maximum Gasteiger partial charge on any atom is 0.181 e. The predicted octanol–water partition coefficient (Wildman–Crippen LogP) is 5.72. The molecule has 0 radical (unpaired) electrons. The minimum absolute atomic E-state index is 0.0793. The fraction of sp³-hybridized carbons (Fsp3) is 0.657. The van der Waals surface area contributed by atoms with Crippen molar-refractivity contribution in [3.63, 3.8) is 0 Å². The van der Waals surface area contributed by atoms with Gasteiger partial charge in [-0.05, 0) is 77.8 Å². The lowest BCUT2D eigenvalue weighted by atomic mass is 10.1. The second kappa shape index (κ2) is 21.3. The summed E-state index contributed by atoms with van der Waals surface area (Å²) in [6.07, 6.45) is -1.14. The maximum atomic E-state index is 9.54. The minimum atomic E-state index is -0.514. The first-order valence-corrected chi connectivity index (χ1v) is 17.5. The normalized spacial score (nSPS) is 18.7. The van der Waals surface area contributed by atoms with Gasteiger partial charge in [0.05, 0.1) is 94.6 Å². The van der Waals surface area contributed by atoms with Gasteiger partial charge in [-0.25, -0.2) is 0 Å². The van der Waals surface area contributed by atoms with E-state index in [-0.39, 0.29) is 37.3 Å². The molecule has 1 aliphatic heterocycles. The van der Waals surface area contributed by atoms with Gasteiger partial charge < -0.3 is 43.2 Å². The topological polar surface area (TPSA) is 160 Å². The van der Waals surface area contributed by atoms with Crippen LogP contribution in [0.1, 0.15) is 56.2 Å². The van der Waals surface area contributed by atoms with Crippen molar-refractivity contribution < 1.29 is 38.3 Å². The number of nitriles is 2. The standard InChI is InChI=1S/C35H51N5O8S/c1-23-14-30(8-9-32(23)38-39-35-31(15-36)29(7)33(16-37)49-35)40(10-12-42-18-25(3)45-20-27(5)44-17-24(2)41)11-13-43-19-26(4)46-22-34-47-21-28(6)48-34/h8-9,14,24-28,34,41H,10-13,17-22H2,1-7H3. The number of aliphatic hydroxyl groups excluding tert-OH is 1. The Hall–Kier alpha value is -3.02. The fourth-order valence-corrected chi connectivity index (χ4v) is 5.61. The highest BCUT2D eigenvalue weighted by Gasteiger charge is 2.23. The predicted molar refractivity (Wildman–Crippen MR) is 186 cm³/mol. The van der Waals surface area contributed by atoms with E-state index in [0.29, 0.717) is 86.0 Å². The molecule has 0 aliphatic carbocycles. The lowest BCUT2D eigenvalue weighted by Crippen LogP contribution is -2.33. The van der Waals surface area contributed by atoms with Crippen molar-refractivity contribution in [1.29, 1.82) is 10.5 Å². The van der Waals surface area contributed by atoms with E-state index in [0.717, 1.165) is 22.6 Å². The van der Waals surface area contributed by atoms with Crippen LogP contribution in [0.25, 0.3) is 0 Å². The zero-order chi connectivity index (χ0) is 35.8. The summed E-state index contributed by atoms with van der Waals surface area (Å²) in [5, 5.41) is 37.4. The molecule has 14 heteroatoms. The average Bonchev–Trinajstić information content (AvgIpc) is 3.64. The van der Waals surface area contributed by atoms with Crippen LogP contribution in [0, 0.1) is 36.5 Å². The molecule has 13 nitrogen and oxygen atoms in total. The Balaban J connectivity index is 1.57. The van der Waals surface area contributed by atoms with E-state index in [4.69, 9.17) is 33.2 Å². The number of hydrogen-bond acceptors (Lipinski definition) is 14. The van der Waals surface area contributed by atoms with Gasteiger partial charge in [-0.2, -0.15) is 10.5 Å². The molecule has 2 aromatic rings. The summed E-state index contributed by atoms with van der Waals surface area (Å²) >= 11 is 1.16. The number of anilines is 1. The quantitative estimate of drug-likeness (QED) is 0.118. The largest absolute Gasteiger partial charge is 0.391 e. The van der Waals surface area contributed by atoms with E-state index in [1.54, 1.807) is 13.8 Å². The Morgan fingerprint density at radius 2 is 1.59 bits per heavy atom. The lowest BCUT2D eigenvalue weighted by molar-refractivity contribution is -0.124. The molecule has 1 aromatic heterocycles. The summed E-state index contributed by atoms with van der Waals surface area (Å²) in [6.45, 7) is 17.8. The van der Waals surface area contributed by atoms with Crippen molar-refractivity contribution in [1.82, 2.24) is 0 Å². The van der Waals surface area contributed by atoms with Gasteiger partial charge in [-0.1, -0.05) is 0 Å². The van der Waals surface area contributed by atoms with Gasteiger partial charge >= 0.3 is 0 Å². The second-order valence-corrected chi connectivity index (χ2v) is 13.3. The van der Waals surface area contributed by atoms with Crippen LogP contribution in [0.3, 0.4) is 0 Å². The van der Waals surface area contributed by atoms with Gasteiger partial charge in [-0.3, -0.25) is 0 Å². The first-order valence-electron chi connectivity index (χ1n) is 16.7. The second-order valence-electron chi connectivity index (χ2n) is 12.3. The molecular weight excluding hydrogens is 650 g/mol. The molecule has 1 saturated heterocycles. The van der Waals surface area contributed by atoms with Crippen molar-refractivity contribution >= 4 is 27.7 Å². The number of aryl methyl sites for hydroxylation is 1. The van der Waals surface area contributed by atoms with Gasteiger partial charge in [0.2, 0.25) is 0 Å². The fourth-order valence-electron chi connectivity index (χ4n) is 4.73. The molecule has 1 N–H and O–H groups in total. The number of aliphatic hydroxyl groups is 1. The first-order chi connectivity index (χ1) is 23.5. The highest BCUT2D eigenvalue weighted by molar-refractivity contribution is 7.16. The van der Waals surface area contributed by atoms with E-state index >= 15 is 0 Å². The molecule has 3 rings (SSSR count). The molecule has 270 valence electrons. The molecule has 1 fully saturated rings. The molecule has 2 heterocycles. The van der Waals surface area contributed by atoms with Crippen molar-refractivity contribution in [3.8, 4) is 12.1 Å². The molecule has 0 saturated carbocycles. The Morgan fingerprint density at radius 3 is 2.18 bits per heavy atom. The third kappa shape index (κ3) is 14.0. The zero-order valence-electron chi connectivity index (χ0n) is 29.7. The molecule has 6 unspecified atom stereocenters. The van der Waals surface area contributed by atoms with Crippen LogP contribution in [0.5, 0.6) is 0 Å². The monoisotopic (exact) mass is 701 g/mol. The number of benzene rings is 1. The van der Waals surface area contributed by atoms with Crippen LogP contribution in [0.4, 0.5) is 16.4 Å². The van der Waals surface area contributed by atoms with Crippen LogP contribution in [-0.4, -0.2) is 108 Å². The maximum absolute atomic E-state index is 9.54. The summed E-state index contributed by atoms with van der Waals surface area (Å²) in [5.41, 5.74) is 3.54. The average molecular weight is 702 g/mol. The molecule has 49 heavy (non-hydrogen) atoms. The Morgan fingerprint density at radius 1 is 0.939 bits per heavy atom. The Kier molecular flexibility index (Phi) is 17.5. The van der Waals surface area contributed by atoms with Gasteiger partial charge in [0.1, 0.15) is 17.0 Å². The van der Waals surface area contributed by atoms with Crippen molar-refractivity contribution in [3.05, 3.63) is 39.8 Å².